The molecule has 1 aliphatic rings. The van der Waals surface area contributed by atoms with E-state index in [2.05, 4.69) is 60.1 Å². The predicted molar refractivity (Wildman–Crippen MR) is 198 cm³/mol. The highest BCUT2D eigenvalue weighted by atomic mass is 31.0. The highest BCUT2D eigenvalue weighted by Crippen LogP contribution is 2.40. The quantitative estimate of drug-likeness (QED) is 0.0703. The average molecular weight is 698 g/mol. The first kappa shape index (κ1) is 45.5. The van der Waals surface area contributed by atoms with E-state index in [1.807, 2.05) is 46.0 Å². The van der Waals surface area contributed by atoms with Gasteiger partial charge < -0.3 is 10.1 Å². The normalized spacial score (nSPS) is 16.4. The number of ketones is 1. The summed E-state index contributed by atoms with van der Waals surface area (Å²) in [6.07, 6.45) is 6.58. The van der Waals surface area contributed by atoms with Crippen molar-refractivity contribution in [3.63, 3.8) is 0 Å². The molecule has 0 amide bonds. The van der Waals surface area contributed by atoms with Crippen LogP contribution in [0.15, 0.2) is 46.6 Å². The lowest BCUT2D eigenvalue weighted by molar-refractivity contribution is -0.184. The Labute approximate surface area is 290 Å². The Morgan fingerprint density at radius 2 is 1.73 bits per heavy atom. The number of nitrogens with zero attached hydrogens (tertiary/aromatic N) is 2. The number of hydrogen-bond acceptors (Lipinski definition) is 5. The second-order valence-corrected chi connectivity index (χ2v) is 12.8. The number of Topliss-reactive ketones (excluding diaryl/α,β-unsaturated/α-hetero) is 1. The number of benzene rings is 2. The second-order valence-electron chi connectivity index (χ2n) is 12.1. The van der Waals surface area contributed by atoms with Crippen LogP contribution in [0.3, 0.4) is 0 Å². The number of carbonyl (C=O) groups is 1. The fourth-order valence-corrected chi connectivity index (χ4v) is 5.06. The molecule has 0 bridgehead atoms. The van der Waals surface area contributed by atoms with Crippen LogP contribution >= 0.6 is 9.24 Å². The number of rotatable bonds is 14. The van der Waals surface area contributed by atoms with E-state index in [1.54, 1.807) is 35.4 Å². The summed E-state index contributed by atoms with van der Waals surface area (Å²) in [5.41, 5.74) is 0.995. The van der Waals surface area contributed by atoms with Gasteiger partial charge in [0.15, 0.2) is 5.78 Å². The third-order valence-corrected chi connectivity index (χ3v) is 7.89. The number of aryl methyl sites for hydroxylation is 1. The summed E-state index contributed by atoms with van der Waals surface area (Å²) in [6, 6.07) is 11.5. The number of carbonyl (C=O) groups excluding carboxylic acids is 1. The Kier molecular flexibility index (Phi) is 23.3. The van der Waals surface area contributed by atoms with Gasteiger partial charge in [-0.15, -0.1) is 0 Å². The van der Waals surface area contributed by atoms with Crippen molar-refractivity contribution in [3.05, 3.63) is 69.8 Å². The van der Waals surface area contributed by atoms with Gasteiger partial charge in [-0.3, -0.25) is 4.79 Å². The number of ether oxygens (including phenoxy) is 1. The zero-order valence-corrected chi connectivity index (χ0v) is 31.9. The van der Waals surface area contributed by atoms with Crippen molar-refractivity contribution in [3.8, 4) is 0 Å². The maximum atomic E-state index is 13.9. The van der Waals surface area contributed by atoms with Gasteiger partial charge in [-0.05, 0) is 92.7 Å². The van der Waals surface area contributed by atoms with E-state index in [1.165, 1.54) is 17.2 Å². The highest BCUT2D eigenvalue weighted by Gasteiger charge is 2.33. The zero-order chi connectivity index (χ0) is 36.9. The minimum absolute atomic E-state index is 0.0550. The van der Waals surface area contributed by atoms with Crippen molar-refractivity contribution >= 4 is 27.5 Å². The Balaban J connectivity index is 0.000000732. The summed E-state index contributed by atoms with van der Waals surface area (Å²) in [7, 11) is 1.58. The first-order valence-electron chi connectivity index (χ1n) is 17.2. The molecular weight excluding hydrogens is 637 g/mol. The summed E-state index contributed by atoms with van der Waals surface area (Å²) in [4.78, 5) is 12.1. The van der Waals surface area contributed by atoms with E-state index in [9.17, 15) is 22.4 Å². The fraction of sp³-hybridized carbons (Fsp3) is 0.605. The molecule has 10 heteroatoms. The fourth-order valence-electron chi connectivity index (χ4n) is 4.80. The van der Waals surface area contributed by atoms with Crippen LogP contribution in [0.25, 0.3) is 0 Å². The number of hydrogen-bond donors (Lipinski definition) is 1. The van der Waals surface area contributed by atoms with Crippen LogP contribution in [0.2, 0.25) is 0 Å². The monoisotopic (exact) mass is 697 g/mol. The van der Waals surface area contributed by atoms with Crippen LogP contribution in [0.1, 0.15) is 132 Å². The standard InChI is InChI=1S/C17H26F2NOP.C12H14F2O.C7H14N2.C2H6/c1-5-13-14(16(21)6-2)7-12(10-20-9-11(3)4)8-15(13)17(18,19)22;1-8-3-2-4-9(5-8)10-6-11(7-10)15-12(13)14;1-4-7(3)6-9-8-5-2;1-2/h7-8,11,20H,5-6,9-10,22H2,1-4H3;2-5,10-12H,6-7H2,1H3;5-7H,4H2,1-3H3;1-2H3/b;;8-5-,9-6-;. The Morgan fingerprint density at radius 3 is 2.21 bits per heavy atom. The minimum Gasteiger partial charge on any atom is -0.320 e. The summed E-state index contributed by atoms with van der Waals surface area (Å²) in [5.74, 6) is 1.34. The van der Waals surface area contributed by atoms with Gasteiger partial charge in [0.05, 0.1) is 6.10 Å². The first-order valence-corrected chi connectivity index (χ1v) is 17.8. The lowest BCUT2D eigenvalue weighted by atomic mass is 9.77. The molecule has 1 saturated carbocycles. The van der Waals surface area contributed by atoms with Crippen LogP contribution in [-0.2, 0) is 23.4 Å². The van der Waals surface area contributed by atoms with E-state index in [-0.39, 0.29) is 17.5 Å². The Bertz CT molecular complexity index is 1240. The van der Waals surface area contributed by atoms with Crippen LogP contribution in [0, 0.1) is 18.8 Å². The van der Waals surface area contributed by atoms with Gasteiger partial charge >= 0.3 is 6.61 Å². The SMILES string of the molecule is C/C=N\N=C/C(C)CC.CC.CCC(=O)c1cc(CNCC(C)C)cc(C(F)(F)P)c1CC.Cc1cccc(C2CC(OC(F)F)C2)c1. The molecule has 2 aromatic carbocycles. The molecule has 2 atom stereocenters. The van der Waals surface area contributed by atoms with E-state index >= 15 is 0 Å². The summed E-state index contributed by atoms with van der Waals surface area (Å²) in [5, 5.41) is 10.7. The van der Waals surface area contributed by atoms with Crippen molar-refractivity contribution < 1.29 is 27.1 Å². The molecule has 1 aliphatic carbocycles. The van der Waals surface area contributed by atoms with Crippen LogP contribution in [0.4, 0.5) is 17.6 Å². The molecule has 0 heterocycles. The molecule has 0 saturated heterocycles. The van der Waals surface area contributed by atoms with E-state index in [0.29, 0.717) is 61.1 Å². The van der Waals surface area contributed by atoms with Gasteiger partial charge in [-0.2, -0.15) is 27.8 Å². The van der Waals surface area contributed by atoms with E-state index in [4.69, 9.17) is 0 Å². The van der Waals surface area contributed by atoms with Crippen molar-refractivity contribution in [1.29, 1.82) is 0 Å². The molecule has 0 radical (unpaired) electrons. The molecule has 0 spiro atoms. The summed E-state index contributed by atoms with van der Waals surface area (Å²) < 4.78 is 56.0. The third kappa shape index (κ3) is 17.8. The minimum atomic E-state index is -3.03. The average Bonchev–Trinajstić information content (AvgIpc) is 3.02. The van der Waals surface area contributed by atoms with Crippen molar-refractivity contribution in [2.75, 3.05) is 6.54 Å². The number of nitrogens with one attached hydrogen (secondary N) is 1. The molecule has 2 aromatic rings. The van der Waals surface area contributed by atoms with Crippen molar-refractivity contribution in [2.24, 2.45) is 22.0 Å². The topological polar surface area (TPSA) is 63.0 Å². The van der Waals surface area contributed by atoms with Gasteiger partial charge in [0.2, 0.25) is 0 Å². The smallest absolute Gasteiger partial charge is 0.320 e. The Morgan fingerprint density at radius 1 is 1.08 bits per heavy atom. The molecule has 5 nitrogen and oxygen atoms in total. The Hall–Kier alpha value is -2.48. The van der Waals surface area contributed by atoms with Gasteiger partial charge in [0.25, 0.3) is 5.66 Å². The summed E-state index contributed by atoms with van der Waals surface area (Å²) in [6.45, 7) is 18.5. The first-order chi connectivity index (χ1) is 22.7. The highest BCUT2D eigenvalue weighted by molar-refractivity contribution is 7.17. The molecule has 48 heavy (non-hydrogen) atoms. The van der Waals surface area contributed by atoms with E-state index < -0.39 is 12.3 Å². The van der Waals surface area contributed by atoms with E-state index in [0.717, 1.165) is 18.5 Å². The van der Waals surface area contributed by atoms with Gasteiger partial charge in [-0.25, -0.2) is 0 Å². The second kappa shape index (κ2) is 24.6. The van der Waals surface area contributed by atoms with Crippen LogP contribution in [-0.4, -0.2) is 37.5 Å². The largest absolute Gasteiger partial charge is 0.345 e. The third-order valence-electron chi connectivity index (χ3n) is 7.58. The molecule has 0 aromatic heterocycles. The van der Waals surface area contributed by atoms with Crippen molar-refractivity contribution in [1.82, 2.24) is 5.32 Å². The molecule has 1 fully saturated rings. The van der Waals surface area contributed by atoms with Crippen molar-refractivity contribution in [2.45, 2.75) is 132 Å². The number of alkyl halides is 4. The lowest BCUT2D eigenvalue weighted by Crippen LogP contribution is -2.31. The maximum Gasteiger partial charge on any atom is 0.345 e. The van der Waals surface area contributed by atoms with Crippen LogP contribution < -0.4 is 5.32 Å². The molecule has 3 rings (SSSR count). The zero-order valence-electron chi connectivity index (χ0n) is 30.8. The molecule has 0 aliphatic heterocycles. The molecule has 2 unspecified atom stereocenters. The van der Waals surface area contributed by atoms with Crippen LogP contribution in [0.5, 0.6) is 0 Å². The van der Waals surface area contributed by atoms with Gasteiger partial charge in [0.1, 0.15) is 0 Å². The molecular formula is C38H60F4N3O2P. The number of halogens is 4. The summed E-state index contributed by atoms with van der Waals surface area (Å²) >= 11 is 0. The predicted octanol–water partition coefficient (Wildman–Crippen LogP) is 11.1. The maximum absolute atomic E-state index is 13.9. The van der Waals surface area contributed by atoms with Gasteiger partial charge in [0, 0.05) is 36.5 Å². The lowest BCUT2D eigenvalue weighted by Gasteiger charge is -2.35. The molecule has 1 N–H and O–H groups in total. The molecule has 272 valence electrons. The van der Waals surface area contributed by atoms with Gasteiger partial charge in [-0.1, -0.05) is 94.5 Å².